The van der Waals surface area contributed by atoms with Crippen molar-refractivity contribution >= 4 is 0 Å². The second-order valence-corrected chi connectivity index (χ2v) is 4.40. The number of aromatic nitrogens is 3. The van der Waals surface area contributed by atoms with E-state index in [1.807, 2.05) is 0 Å². The molecular weight excluding hydrogens is 188 g/mol. The smallest absolute Gasteiger partial charge is 0.155 e. The van der Waals surface area contributed by atoms with Gasteiger partial charge in [0.2, 0.25) is 0 Å². The maximum atomic E-state index is 6.17. The standard InChI is InChI=1S/C11H20N4/c1-2-10-13-11(15-14-10)8-6-4-3-5-7-9(8)12/h8-9H,2-7,12H2,1H3,(H,13,14,15). The van der Waals surface area contributed by atoms with Crippen molar-refractivity contribution in [1.29, 1.82) is 0 Å². The number of hydrogen-bond acceptors (Lipinski definition) is 3. The lowest BCUT2D eigenvalue weighted by atomic mass is 9.95. The van der Waals surface area contributed by atoms with Gasteiger partial charge in [-0.15, -0.1) is 0 Å². The molecule has 1 heterocycles. The van der Waals surface area contributed by atoms with Crippen LogP contribution in [0.2, 0.25) is 0 Å². The quantitative estimate of drug-likeness (QED) is 0.727. The predicted molar refractivity (Wildman–Crippen MR) is 59.6 cm³/mol. The van der Waals surface area contributed by atoms with E-state index in [0.717, 1.165) is 30.9 Å². The number of nitrogens with zero attached hydrogens (tertiary/aromatic N) is 2. The minimum atomic E-state index is 0.244. The third kappa shape index (κ3) is 2.37. The van der Waals surface area contributed by atoms with Crippen molar-refractivity contribution in [2.75, 3.05) is 0 Å². The fourth-order valence-electron chi connectivity index (χ4n) is 2.29. The summed E-state index contributed by atoms with van der Waals surface area (Å²) in [5.41, 5.74) is 6.17. The van der Waals surface area contributed by atoms with E-state index in [9.17, 15) is 0 Å². The number of aromatic amines is 1. The fraction of sp³-hybridized carbons (Fsp3) is 0.818. The van der Waals surface area contributed by atoms with Crippen LogP contribution >= 0.6 is 0 Å². The zero-order valence-electron chi connectivity index (χ0n) is 9.37. The van der Waals surface area contributed by atoms with Crippen molar-refractivity contribution in [3.8, 4) is 0 Å². The van der Waals surface area contributed by atoms with Gasteiger partial charge < -0.3 is 5.73 Å². The first-order valence-electron chi connectivity index (χ1n) is 5.98. The highest BCUT2D eigenvalue weighted by atomic mass is 15.2. The Labute approximate surface area is 90.7 Å². The van der Waals surface area contributed by atoms with Gasteiger partial charge in [-0.25, -0.2) is 4.98 Å². The molecule has 0 bridgehead atoms. The number of rotatable bonds is 2. The van der Waals surface area contributed by atoms with Crippen molar-refractivity contribution in [3.05, 3.63) is 11.6 Å². The minimum absolute atomic E-state index is 0.244. The first-order chi connectivity index (χ1) is 7.31. The highest BCUT2D eigenvalue weighted by molar-refractivity contribution is 5.02. The summed E-state index contributed by atoms with van der Waals surface area (Å²) in [5, 5.41) is 7.26. The third-order valence-electron chi connectivity index (χ3n) is 3.28. The molecule has 0 aliphatic heterocycles. The zero-order valence-corrected chi connectivity index (χ0v) is 9.37. The Morgan fingerprint density at radius 1 is 1.33 bits per heavy atom. The van der Waals surface area contributed by atoms with Crippen LogP contribution in [0.5, 0.6) is 0 Å². The molecule has 2 atom stereocenters. The second-order valence-electron chi connectivity index (χ2n) is 4.40. The van der Waals surface area contributed by atoms with Crippen LogP contribution in [-0.4, -0.2) is 21.2 Å². The molecule has 84 valence electrons. The summed E-state index contributed by atoms with van der Waals surface area (Å²) in [6, 6.07) is 0.244. The number of nitrogens with two attached hydrogens (primary N) is 1. The van der Waals surface area contributed by atoms with Gasteiger partial charge in [0.05, 0.1) is 0 Å². The summed E-state index contributed by atoms with van der Waals surface area (Å²) in [7, 11) is 0. The summed E-state index contributed by atoms with van der Waals surface area (Å²) in [6.07, 6.45) is 6.98. The molecule has 1 aliphatic rings. The predicted octanol–water partition coefficient (Wildman–Crippen LogP) is 1.74. The van der Waals surface area contributed by atoms with E-state index < -0.39 is 0 Å². The maximum absolute atomic E-state index is 6.17. The van der Waals surface area contributed by atoms with Crippen LogP contribution in [0.4, 0.5) is 0 Å². The van der Waals surface area contributed by atoms with Crippen LogP contribution in [0, 0.1) is 0 Å². The summed E-state index contributed by atoms with van der Waals surface area (Å²) < 4.78 is 0. The molecule has 2 rings (SSSR count). The van der Waals surface area contributed by atoms with Gasteiger partial charge in [-0.3, -0.25) is 5.10 Å². The van der Waals surface area contributed by atoms with E-state index in [2.05, 4.69) is 22.1 Å². The van der Waals surface area contributed by atoms with Crippen molar-refractivity contribution in [1.82, 2.24) is 15.2 Å². The first-order valence-corrected chi connectivity index (χ1v) is 5.98. The Balaban J connectivity index is 2.12. The lowest BCUT2D eigenvalue weighted by Crippen LogP contribution is -2.28. The summed E-state index contributed by atoms with van der Waals surface area (Å²) in [5.74, 6) is 2.27. The van der Waals surface area contributed by atoms with E-state index in [4.69, 9.17) is 5.73 Å². The third-order valence-corrected chi connectivity index (χ3v) is 3.28. The molecule has 1 fully saturated rings. The number of nitrogens with one attached hydrogen (secondary N) is 1. The van der Waals surface area contributed by atoms with Gasteiger partial charge in [-0.2, -0.15) is 5.10 Å². The lowest BCUT2D eigenvalue weighted by molar-refractivity contribution is 0.485. The molecule has 0 saturated heterocycles. The molecule has 0 spiro atoms. The van der Waals surface area contributed by atoms with Crippen molar-refractivity contribution < 1.29 is 0 Å². The van der Waals surface area contributed by atoms with E-state index >= 15 is 0 Å². The lowest BCUT2D eigenvalue weighted by Gasteiger charge is -2.17. The Bertz CT molecular complexity index is 307. The van der Waals surface area contributed by atoms with Crippen molar-refractivity contribution in [3.63, 3.8) is 0 Å². The molecule has 4 heteroatoms. The number of H-pyrrole nitrogens is 1. The first kappa shape index (κ1) is 10.6. The van der Waals surface area contributed by atoms with Gasteiger partial charge in [0, 0.05) is 18.4 Å². The Kier molecular flexibility index (Phi) is 3.36. The average molecular weight is 208 g/mol. The summed E-state index contributed by atoms with van der Waals surface area (Å²) in [6.45, 7) is 2.08. The highest BCUT2D eigenvalue weighted by Gasteiger charge is 2.25. The molecule has 4 nitrogen and oxygen atoms in total. The van der Waals surface area contributed by atoms with Crippen LogP contribution < -0.4 is 5.73 Å². The minimum Gasteiger partial charge on any atom is -0.327 e. The monoisotopic (exact) mass is 208 g/mol. The number of aryl methyl sites for hydroxylation is 1. The summed E-state index contributed by atoms with van der Waals surface area (Å²) >= 11 is 0. The molecule has 1 saturated carbocycles. The normalized spacial score (nSPS) is 27.6. The van der Waals surface area contributed by atoms with Crippen LogP contribution in [-0.2, 0) is 6.42 Å². The van der Waals surface area contributed by atoms with Crippen LogP contribution in [0.25, 0.3) is 0 Å². The summed E-state index contributed by atoms with van der Waals surface area (Å²) in [4.78, 5) is 4.50. The highest BCUT2D eigenvalue weighted by Crippen LogP contribution is 2.28. The molecular formula is C11H20N4. The van der Waals surface area contributed by atoms with Gasteiger partial charge in [-0.1, -0.05) is 26.2 Å². The maximum Gasteiger partial charge on any atom is 0.155 e. The van der Waals surface area contributed by atoms with Gasteiger partial charge in [0.1, 0.15) is 5.82 Å². The molecule has 1 aromatic rings. The second kappa shape index (κ2) is 4.75. The molecule has 1 aliphatic carbocycles. The molecule has 3 N–H and O–H groups in total. The van der Waals surface area contributed by atoms with Crippen LogP contribution in [0.15, 0.2) is 0 Å². The van der Waals surface area contributed by atoms with Crippen LogP contribution in [0.3, 0.4) is 0 Å². The van der Waals surface area contributed by atoms with E-state index in [0.29, 0.717) is 5.92 Å². The van der Waals surface area contributed by atoms with Crippen molar-refractivity contribution in [2.45, 2.75) is 57.4 Å². The largest absolute Gasteiger partial charge is 0.327 e. The molecule has 2 unspecified atom stereocenters. The molecule has 1 aromatic heterocycles. The number of hydrogen-bond donors (Lipinski definition) is 2. The topological polar surface area (TPSA) is 67.6 Å². The molecule has 0 aromatic carbocycles. The zero-order chi connectivity index (χ0) is 10.7. The van der Waals surface area contributed by atoms with E-state index in [-0.39, 0.29) is 6.04 Å². The molecule has 15 heavy (non-hydrogen) atoms. The van der Waals surface area contributed by atoms with E-state index in [1.165, 1.54) is 19.3 Å². The average Bonchev–Trinajstić information content (AvgIpc) is 2.62. The van der Waals surface area contributed by atoms with E-state index in [1.54, 1.807) is 0 Å². The Hall–Kier alpha value is -0.900. The SMILES string of the molecule is CCc1nc(C2CCCCCC2N)n[nH]1. The van der Waals surface area contributed by atoms with Gasteiger partial charge in [0.25, 0.3) is 0 Å². The van der Waals surface area contributed by atoms with Crippen LogP contribution in [0.1, 0.15) is 56.6 Å². The van der Waals surface area contributed by atoms with Gasteiger partial charge >= 0.3 is 0 Å². The van der Waals surface area contributed by atoms with Gasteiger partial charge in [-0.05, 0) is 12.8 Å². The Morgan fingerprint density at radius 3 is 2.87 bits per heavy atom. The Morgan fingerprint density at radius 2 is 2.13 bits per heavy atom. The molecule has 0 amide bonds. The van der Waals surface area contributed by atoms with Crippen molar-refractivity contribution in [2.24, 2.45) is 5.73 Å². The fourth-order valence-corrected chi connectivity index (χ4v) is 2.29. The molecule has 0 radical (unpaired) electrons. The van der Waals surface area contributed by atoms with Gasteiger partial charge in [0.15, 0.2) is 5.82 Å².